The lowest BCUT2D eigenvalue weighted by Gasteiger charge is -2.04. The number of ether oxygens (including phenoxy) is 1. The molecule has 3 nitrogen and oxygen atoms in total. The Kier molecular flexibility index (Phi) is 5.51. The molecule has 0 aromatic carbocycles. The molecule has 0 spiro atoms. The van der Waals surface area contributed by atoms with Gasteiger partial charge in [0.2, 0.25) is 0 Å². The van der Waals surface area contributed by atoms with E-state index in [0.717, 1.165) is 0 Å². The van der Waals surface area contributed by atoms with E-state index >= 15 is 0 Å². The van der Waals surface area contributed by atoms with Gasteiger partial charge < -0.3 is 14.9 Å². The Bertz CT molecular complexity index is 72.7. The molecule has 0 aliphatic carbocycles. The van der Waals surface area contributed by atoms with Crippen LogP contribution >= 0.6 is 0 Å². The summed E-state index contributed by atoms with van der Waals surface area (Å²) in [5.74, 6) is 0. The fourth-order valence-electron chi connectivity index (χ4n) is 0.337. The topological polar surface area (TPSA) is 49.7 Å². The minimum Gasteiger partial charge on any atom is -0.396 e. The van der Waals surface area contributed by atoms with Gasteiger partial charge in [-0.15, -0.1) is 0 Å². The van der Waals surface area contributed by atoms with Crippen LogP contribution in [0.1, 0.15) is 6.42 Å². The Balaban J connectivity index is 2.96. The summed E-state index contributed by atoms with van der Waals surface area (Å²) in [6.45, 7) is 3.75. The Morgan fingerprint density at radius 2 is 2.33 bits per heavy atom. The van der Waals surface area contributed by atoms with Crippen LogP contribution in [0.2, 0.25) is 0 Å². The third-order valence-electron chi connectivity index (χ3n) is 0.793. The van der Waals surface area contributed by atoms with Gasteiger partial charge in [-0.2, -0.15) is 0 Å². The maximum atomic E-state index is 8.66. The molecule has 2 N–H and O–H groups in total. The zero-order valence-electron chi connectivity index (χ0n) is 5.29. The highest BCUT2D eigenvalue weighted by atomic mass is 16.6. The maximum Gasteiger partial charge on any atom is 0.173 e. The lowest BCUT2D eigenvalue weighted by Crippen LogP contribution is -2.09. The SMILES string of the molecule is C=CC(O)OCCCO. The summed E-state index contributed by atoms with van der Waals surface area (Å²) in [5, 5.41) is 16.9. The molecule has 0 aliphatic rings. The number of aliphatic hydroxyl groups excluding tert-OH is 2. The predicted octanol–water partition coefficient (Wildman–Crippen LogP) is -0.110. The van der Waals surface area contributed by atoms with Gasteiger partial charge in [0.05, 0.1) is 6.61 Å². The summed E-state index contributed by atoms with van der Waals surface area (Å²) in [6, 6.07) is 0. The van der Waals surface area contributed by atoms with Gasteiger partial charge in [-0.3, -0.25) is 0 Å². The quantitative estimate of drug-likeness (QED) is 0.312. The molecule has 0 fully saturated rings. The molecule has 1 unspecified atom stereocenters. The molecule has 0 amide bonds. The molecule has 3 heteroatoms. The normalized spacial score (nSPS) is 13.1. The first-order chi connectivity index (χ1) is 4.31. The van der Waals surface area contributed by atoms with E-state index in [1.54, 1.807) is 0 Å². The van der Waals surface area contributed by atoms with Crippen LogP contribution in [0.5, 0.6) is 0 Å². The van der Waals surface area contributed by atoms with Crippen molar-refractivity contribution in [2.75, 3.05) is 13.2 Å². The second-order valence-corrected chi connectivity index (χ2v) is 1.57. The molecule has 0 aliphatic heterocycles. The van der Waals surface area contributed by atoms with E-state index in [1.165, 1.54) is 6.08 Å². The van der Waals surface area contributed by atoms with E-state index in [-0.39, 0.29) is 6.61 Å². The first-order valence-corrected chi connectivity index (χ1v) is 2.84. The van der Waals surface area contributed by atoms with Gasteiger partial charge in [-0.1, -0.05) is 6.58 Å². The summed E-state index contributed by atoms with van der Waals surface area (Å²) in [5.41, 5.74) is 0. The number of hydrogen-bond acceptors (Lipinski definition) is 3. The van der Waals surface area contributed by atoms with Crippen molar-refractivity contribution in [2.45, 2.75) is 12.7 Å². The van der Waals surface area contributed by atoms with E-state index in [9.17, 15) is 0 Å². The Morgan fingerprint density at radius 3 is 2.78 bits per heavy atom. The smallest absolute Gasteiger partial charge is 0.173 e. The van der Waals surface area contributed by atoms with Crippen LogP contribution in [0, 0.1) is 0 Å². The second kappa shape index (κ2) is 5.75. The van der Waals surface area contributed by atoms with Gasteiger partial charge in [0, 0.05) is 6.61 Å². The van der Waals surface area contributed by atoms with Crippen molar-refractivity contribution in [2.24, 2.45) is 0 Å². The van der Waals surface area contributed by atoms with E-state index in [0.29, 0.717) is 13.0 Å². The van der Waals surface area contributed by atoms with E-state index in [1.807, 2.05) is 0 Å². The predicted molar refractivity (Wildman–Crippen MR) is 33.9 cm³/mol. The lowest BCUT2D eigenvalue weighted by molar-refractivity contribution is -0.0668. The fraction of sp³-hybridized carbons (Fsp3) is 0.667. The highest BCUT2D eigenvalue weighted by Gasteiger charge is 1.93. The summed E-state index contributed by atoms with van der Waals surface area (Å²) in [4.78, 5) is 0. The molecule has 0 saturated heterocycles. The zero-order chi connectivity index (χ0) is 7.11. The third kappa shape index (κ3) is 5.49. The largest absolute Gasteiger partial charge is 0.396 e. The van der Waals surface area contributed by atoms with Crippen molar-refractivity contribution in [3.8, 4) is 0 Å². The molecule has 0 bridgehead atoms. The second-order valence-electron chi connectivity index (χ2n) is 1.57. The van der Waals surface area contributed by atoms with Crippen LogP contribution in [0.3, 0.4) is 0 Å². The lowest BCUT2D eigenvalue weighted by atomic mass is 10.5. The van der Waals surface area contributed by atoms with E-state index in [4.69, 9.17) is 14.9 Å². The van der Waals surface area contributed by atoms with Gasteiger partial charge in [-0.25, -0.2) is 0 Å². The van der Waals surface area contributed by atoms with Crippen LogP contribution < -0.4 is 0 Å². The molecular formula is C6H12O3. The number of rotatable bonds is 5. The summed E-state index contributed by atoms with van der Waals surface area (Å²) >= 11 is 0. The standard InChI is InChI=1S/C6H12O3/c1-2-6(8)9-5-3-4-7/h2,6-8H,1,3-5H2. The Labute approximate surface area is 54.6 Å². The van der Waals surface area contributed by atoms with Crippen molar-refractivity contribution < 1.29 is 14.9 Å². The van der Waals surface area contributed by atoms with E-state index in [2.05, 4.69) is 6.58 Å². The van der Waals surface area contributed by atoms with Crippen molar-refractivity contribution in [3.05, 3.63) is 12.7 Å². The van der Waals surface area contributed by atoms with Crippen molar-refractivity contribution in [1.29, 1.82) is 0 Å². The van der Waals surface area contributed by atoms with Crippen molar-refractivity contribution in [3.63, 3.8) is 0 Å². The minimum atomic E-state index is -0.892. The number of hydrogen-bond donors (Lipinski definition) is 2. The molecule has 0 rings (SSSR count). The van der Waals surface area contributed by atoms with Crippen molar-refractivity contribution in [1.82, 2.24) is 0 Å². The number of aliphatic hydroxyl groups is 2. The monoisotopic (exact) mass is 132 g/mol. The van der Waals surface area contributed by atoms with Gasteiger partial charge in [-0.05, 0) is 12.5 Å². The molecule has 0 aromatic heterocycles. The van der Waals surface area contributed by atoms with Crippen LogP contribution in [-0.2, 0) is 4.74 Å². The average Bonchev–Trinajstić information content (AvgIpc) is 1.89. The fourth-order valence-corrected chi connectivity index (χ4v) is 0.337. The summed E-state index contributed by atoms with van der Waals surface area (Å²) in [7, 11) is 0. The molecule has 9 heavy (non-hydrogen) atoms. The minimum absolute atomic E-state index is 0.0872. The van der Waals surface area contributed by atoms with Gasteiger partial charge in [0.25, 0.3) is 0 Å². The average molecular weight is 132 g/mol. The van der Waals surface area contributed by atoms with Gasteiger partial charge in [0.15, 0.2) is 6.29 Å². The Morgan fingerprint density at radius 1 is 1.67 bits per heavy atom. The third-order valence-corrected chi connectivity index (χ3v) is 0.793. The highest BCUT2D eigenvalue weighted by Crippen LogP contribution is 1.88. The zero-order valence-corrected chi connectivity index (χ0v) is 5.29. The highest BCUT2D eigenvalue weighted by molar-refractivity contribution is 4.69. The van der Waals surface area contributed by atoms with Gasteiger partial charge >= 0.3 is 0 Å². The van der Waals surface area contributed by atoms with E-state index < -0.39 is 6.29 Å². The molecule has 0 radical (unpaired) electrons. The Hall–Kier alpha value is -0.380. The van der Waals surface area contributed by atoms with Crippen molar-refractivity contribution >= 4 is 0 Å². The van der Waals surface area contributed by atoms with Gasteiger partial charge in [0.1, 0.15) is 0 Å². The van der Waals surface area contributed by atoms with Crippen LogP contribution in [-0.4, -0.2) is 29.7 Å². The molecule has 1 atom stereocenters. The molecule has 0 heterocycles. The molecule has 54 valence electrons. The first-order valence-electron chi connectivity index (χ1n) is 2.84. The van der Waals surface area contributed by atoms with Crippen LogP contribution in [0.15, 0.2) is 12.7 Å². The maximum absolute atomic E-state index is 8.66. The van der Waals surface area contributed by atoms with Crippen LogP contribution in [0.25, 0.3) is 0 Å². The molecule has 0 aromatic rings. The summed E-state index contributed by atoms with van der Waals surface area (Å²) in [6.07, 6.45) is 0.944. The van der Waals surface area contributed by atoms with Crippen LogP contribution in [0.4, 0.5) is 0 Å². The molecular weight excluding hydrogens is 120 g/mol. The summed E-state index contributed by atoms with van der Waals surface area (Å²) < 4.78 is 4.71. The molecule has 0 saturated carbocycles. The first kappa shape index (κ1) is 8.62.